The zero-order valence-corrected chi connectivity index (χ0v) is 12.7. The molecule has 1 heterocycles. The molecule has 1 fully saturated rings. The van der Waals surface area contributed by atoms with Crippen molar-refractivity contribution < 1.29 is 14.3 Å². The normalized spacial score (nSPS) is 22.0. The van der Waals surface area contributed by atoms with Crippen molar-refractivity contribution in [1.29, 1.82) is 0 Å². The van der Waals surface area contributed by atoms with Gasteiger partial charge in [-0.25, -0.2) is 0 Å². The third-order valence-electron chi connectivity index (χ3n) is 3.87. The lowest BCUT2D eigenvalue weighted by Gasteiger charge is -2.30. The number of hydrogen-bond acceptors (Lipinski definition) is 3. The first-order valence-corrected chi connectivity index (χ1v) is 7.72. The van der Waals surface area contributed by atoms with Crippen LogP contribution in [0.1, 0.15) is 51.0 Å². The van der Waals surface area contributed by atoms with E-state index in [0.29, 0.717) is 13.0 Å². The van der Waals surface area contributed by atoms with Gasteiger partial charge in [-0.2, -0.15) is 0 Å². The fourth-order valence-corrected chi connectivity index (χ4v) is 2.83. The summed E-state index contributed by atoms with van der Waals surface area (Å²) in [4.78, 5) is 23.7. The minimum absolute atomic E-state index is 0.0218. The summed E-state index contributed by atoms with van der Waals surface area (Å²) < 4.78 is 5.57. The van der Waals surface area contributed by atoms with Crippen LogP contribution in [0.2, 0.25) is 0 Å². The number of benzene rings is 1. The Hall–Kier alpha value is -1.84. The second-order valence-electron chi connectivity index (χ2n) is 5.54. The van der Waals surface area contributed by atoms with Gasteiger partial charge >= 0.3 is 0 Å². The van der Waals surface area contributed by atoms with Gasteiger partial charge < -0.3 is 4.74 Å². The van der Waals surface area contributed by atoms with E-state index in [1.807, 2.05) is 24.3 Å². The molecular formula is C17H23NO3. The lowest BCUT2D eigenvalue weighted by molar-refractivity contribution is -0.137. The number of ether oxygens (including phenoxy) is 1. The van der Waals surface area contributed by atoms with Crippen LogP contribution in [0.15, 0.2) is 24.3 Å². The van der Waals surface area contributed by atoms with Crippen molar-refractivity contribution >= 4 is 11.8 Å². The average molecular weight is 289 g/mol. The van der Waals surface area contributed by atoms with Crippen LogP contribution < -0.4 is 10.1 Å². The Morgan fingerprint density at radius 2 is 1.86 bits per heavy atom. The summed E-state index contributed by atoms with van der Waals surface area (Å²) in [6.07, 6.45) is 3.08. The Labute approximate surface area is 125 Å². The van der Waals surface area contributed by atoms with Crippen LogP contribution in [0, 0.1) is 5.92 Å². The lowest BCUT2D eigenvalue weighted by Crippen LogP contribution is -2.44. The fourth-order valence-electron chi connectivity index (χ4n) is 2.83. The molecule has 21 heavy (non-hydrogen) atoms. The Morgan fingerprint density at radius 3 is 2.48 bits per heavy atom. The standard InChI is InChI=1S/C17H23NO3/c1-3-5-14-15(11-16(19)18-17(14)20)12-6-8-13(9-7-12)21-10-4-2/h6-9,14-15H,3-5,10-11H2,1-2H3,(H,18,19,20). The van der Waals surface area contributed by atoms with Crippen LogP contribution in [0.5, 0.6) is 5.75 Å². The van der Waals surface area contributed by atoms with Gasteiger partial charge in [0.05, 0.1) is 6.61 Å². The Balaban J connectivity index is 2.16. The van der Waals surface area contributed by atoms with Crippen molar-refractivity contribution in [2.45, 2.75) is 45.4 Å². The van der Waals surface area contributed by atoms with Gasteiger partial charge in [0.15, 0.2) is 0 Å². The van der Waals surface area contributed by atoms with E-state index in [-0.39, 0.29) is 23.7 Å². The Bertz CT molecular complexity index is 495. The number of carbonyl (C=O) groups is 2. The molecule has 1 N–H and O–H groups in total. The first-order chi connectivity index (χ1) is 10.2. The van der Waals surface area contributed by atoms with E-state index in [2.05, 4.69) is 19.2 Å². The molecular weight excluding hydrogens is 266 g/mol. The van der Waals surface area contributed by atoms with Crippen molar-refractivity contribution in [3.63, 3.8) is 0 Å². The van der Waals surface area contributed by atoms with E-state index in [1.54, 1.807) is 0 Å². The quantitative estimate of drug-likeness (QED) is 0.819. The highest BCUT2D eigenvalue weighted by Crippen LogP contribution is 2.34. The molecule has 0 aromatic heterocycles. The molecule has 1 aromatic carbocycles. The van der Waals surface area contributed by atoms with Crippen LogP contribution in [0.3, 0.4) is 0 Å². The van der Waals surface area contributed by atoms with Crippen LogP contribution in [-0.2, 0) is 9.59 Å². The van der Waals surface area contributed by atoms with Crippen LogP contribution in [0.25, 0.3) is 0 Å². The molecule has 0 bridgehead atoms. The first-order valence-electron chi connectivity index (χ1n) is 7.72. The number of hydrogen-bond donors (Lipinski definition) is 1. The minimum atomic E-state index is -0.177. The number of rotatable bonds is 6. The number of imide groups is 1. The monoisotopic (exact) mass is 289 g/mol. The molecule has 0 aliphatic carbocycles. The van der Waals surface area contributed by atoms with Crippen molar-refractivity contribution in [3.05, 3.63) is 29.8 Å². The molecule has 1 aliphatic rings. The van der Waals surface area contributed by atoms with Crippen LogP contribution in [0.4, 0.5) is 0 Å². The van der Waals surface area contributed by atoms with Crippen molar-refractivity contribution in [2.75, 3.05) is 6.61 Å². The number of carbonyl (C=O) groups excluding carboxylic acids is 2. The third-order valence-corrected chi connectivity index (χ3v) is 3.87. The first kappa shape index (κ1) is 15.5. The fraction of sp³-hybridized carbons (Fsp3) is 0.529. The van der Waals surface area contributed by atoms with Crippen molar-refractivity contribution in [1.82, 2.24) is 5.32 Å². The second-order valence-corrected chi connectivity index (χ2v) is 5.54. The summed E-state index contributed by atoms with van der Waals surface area (Å²) in [6.45, 7) is 4.82. The zero-order chi connectivity index (χ0) is 15.2. The van der Waals surface area contributed by atoms with Crippen LogP contribution >= 0.6 is 0 Å². The maximum Gasteiger partial charge on any atom is 0.230 e. The summed E-state index contributed by atoms with van der Waals surface area (Å²) >= 11 is 0. The SMILES string of the molecule is CCCOc1ccc(C2CC(=O)NC(=O)C2CCC)cc1. The molecule has 2 atom stereocenters. The Kier molecular flexibility index (Phi) is 5.37. The minimum Gasteiger partial charge on any atom is -0.494 e. The van der Waals surface area contributed by atoms with Gasteiger partial charge in [0, 0.05) is 18.3 Å². The molecule has 1 aromatic rings. The van der Waals surface area contributed by atoms with Gasteiger partial charge in [0.2, 0.25) is 11.8 Å². The predicted molar refractivity (Wildman–Crippen MR) is 81.1 cm³/mol. The molecule has 2 rings (SSSR count). The lowest BCUT2D eigenvalue weighted by atomic mass is 9.78. The van der Waals surface area contributed by atoms with Gasteiger partial charge in [0.25, 0.3) is 0 Å². The summed E-state index contributed by atoms with van der Waals surface area (Å²) in [5.74, 6) is 0.383. The summed E-state index contributed by atoms with van der Waals surface area (Å²) in [5, 5.41) is 2.45. The molecule has 0 radical (unpaired) electrons. The molecule has 4 heteroatoms. The van der Waals surface area contributed by atoms with Gasteiger partial charge in [-0.3, -0.25) is 14.9 Å². The van der Waals surface area contributed by atoms with Gasteiger partial charge in [0.1, 0.15) is 5.75 Å². The molecule has 1 saturated heterocycles. The summed E-state index contributed by atoms with van der Waals surface area (Å²) in [5.41, 5.74) is 1.04. The summed E-state index contributed by atoms with van der Waals surface area (Å²) in [7, 11) is 0. The van der Waals surface area contributed by atoms with Gasteiger partial charge in [-0.15, -0.1) is 0 Å². The van der Waals surface area contributed by atoms with E-state index in [4.69, 9.17) is 4.74 Å². The van der Waals surface area contributed by atoms with E-state index in [9.17, 15) is 9.59 Å². The Morgan fingerprint density at radius 1 is 1.14 bits per heavy atom. The molecule has 1 aliphatic heterocycles. The van der Waals surface area contributed by atoms with Crippen LogP contribution in [-0.4, -0.2) is 18.4 Å². The van der Waals surface area contributed by atoms with Gasteiger partial charge in [-0.05, 0) is 30.5 Å². The highest BCUT2D eigenvalue weighted by molar-refractivity contribution is 5.99. The predicted octanol–water partition coefficient (Wildman–Crippen LogP) is 3.02. The summed E-state index contributed by atoms with van der Waals surface area (Å²) in [6, 6.07) is 7.80. The average Bonchev–Trinajstić information content (AvgIpc) is 2.48. The number of amides is 2. The second kappa shape index (κ2) is 7.25. The third kappa shape index (κ3) is 3.84. The largest absolute Gasteiger partial charge is 0.494 e. The number of piperidine rings is 1. The molecule has 0 saturated carbocycles. The molecule has 2 unspecified atom stereocenters. The molecule has 4 nitrogen and oxygen atoms in total. The zero-order valence-electron chi connectivity index (χ0n) is 12.7. The van der Waals surface area contributed by atoms with E-state index < -0.39 is 0 Å². The van der Waals surface area contributed by atoms with E-state index >= 15 is 0 Å². The maximum atomic E-state index is 12.0. The van der Waals surface area contributed by atoms with E-state index in [0.717, 1.165) is 30.6 Å². The van der Waals surface area contributed by atoms with Crippen molar-refractivity contribution in [3.8, 4) is 5.75 Å². The molecule has 114 valence electrons. The van der Waals surface area contributed by atoms with E-state index in [1.165, 1.54) is 0 Å². The highest BCUT2D eigenvalue weighted by Gasteiger charge is 2.35. The number of nitrogens with one attached hydrogen (secondary N) is 1. The van der Waals surface area contributed by atoms with Gasteiger partial charge in [-0.1, -0.05) is 32.4 Å². The molecule has 2 amide bonds. The topological polar surface area (TPSA) is 55.4 Å². The van der Waals surface area contributed by atoms with Crippen molar-refractivity contribution in [2.24, 2.45) is 5.92 Å². The molecule has 0 spiro atoms. The maximum absolute atomic E-state index is 12.0. The smallest absolute Gasteiger partial charge is 0.230 e. The highest BCUT2D eigenvalue weighted by atomic mass is 16.5.